The van der Waals surface area contributed by atoms with Crippen LogP contribution in [0.15, 0.2) is 63.5 Å². The number of para-hydroxylation sites is 1. The maximum atomic E-state index is 13.7. The summed E-state index contributed by atoms with van der Waals surface area (Å²) in [6.07, 6.45) is 1.44. The predicted molar refractivity (Wildman–Crippen MR) is 146 cm³/mol. The van der Waals surface area contributed by atoms with Gasteiger partial charge in [0.2, 0.25) is 0 Å². The highest BCUT2D eigenvalue weighted by molar-refractivity contribution is 8.11. The number of carbonyl (C=O) groups excluding carboxylic acids is 2. The maximum absolute atomic E-state index is 13.7. The summed E-state index contributed by atoms with van der Waals surface area (Å²) in [6, 6.07) is 9.00. The number of thioether (sulfide) groups is 1. The number of amides is 1. The van der Waals surface area contributed by atoms with Gasteiger partial charge in [-0.3, -0.25) is 19.0 Å². The van der Waals surface area contributed by atoms with Gasteiger partial charge in [0.25, 0.3) is 11.5 Å². The van der Waals surface area contributed by atoms with Gasteiger partial charge in [-0.1, -0.05) is 36.0 Å². The zero-order valence-corrected chi connectivity index (χ0v) is 22.4. The molecule has 0 fully saturated rings. The molecule has 0 N–H and O–H groups in total. The molecule has 0 bridgehead atoms. The molecule has 1 amide bonds. The monoisotopic (exact) mass is 524 g/mol. The molecule has 0 saturated carbocycles. The van der Waals surface area contributed by atoms with Gasteiger partial charge in [0.1, 0.15) is 14.2 Å². The van der Waals surface area contributed by atoms with E-state index in [2.05, 4.69) is 16.6 Å². The summed E-state index contributed by atoms with van der Waals surface area (Å²) in [5.41, 5.74) is 1.98. The standard InChI is InChI=1S/C26H28N4O4S2/c1-6-14-29-24(33)22(26-28(7-2)16(4)17(5)35-26)36-25(29)21-19(15-20(31)34-8-3)27-30(23(21)32)18-12-10-9-11-13-18/h6,9-13H,1,7-8,14-15H2,2-5H3. The number of thiazole rings is 1. The van der Waals surface area contributed by atoms with Crippen LogP contribution in [0, 0.1) is 0 Å². The predicted octanol–water partition coefficient (Wildman–Crippen LogP) is 2.99. The molecule has 0 aliphatic carbocycles. The fraction of sp³-hybridized carbons (Fsp3) is 0.308. The summed E-state index contributed by atoms with van der Waals surface area (Å²) in [5.74, 6) is -0.882. The molecule has 1 aromatic heterocycles. The fourth-order valence-corrected chi connectivity index (χ4v) is 6.59. The molecule has 2 aliphatic heterocycles. The minimum atomic E-state index is -0.487. The number of aromatic nitrogens is 1. The Kier molecular flexibility index (Phi) is 7.65. The minimum Gasteiger partial charge on any atom is -0.466 e. The Balaban J connectivity index is 2.00. The zero-order valence-electron chi connectivity index (χ0n) is 20.7. The van der Waals surface area contributed by atoms with E-state index >= 15 is 0 Å². The molecule has 0 unspecified atom stereocenters. The van der Waals surface area contributed by atoms with Gasteiger partial charge in [-0.15, -0.1) is 17.9 Å². The van der Waals surface area contributed by atoms with E-state index in [-0.39, 0.29) is 36.4 Å². The van der Waals surface area contributed by atoms with Gasteiger partial charge in [-0.25, -0.2) is 0 Å². The largest absolute Gasteiger partial charge is 0.466 e. The number of hydrogen-bond acceptors (Lipinski definition) is 8. The van der Waals surface area contributed by atoms with Crippen LogP contribution in [0.2, 0.25) is 0 Å². The summed E-state index contributed by atoms with van der Waals surface area (Å²) in [4.78, 5) is 43.1. The van der Waals surface area contributed by atoms with Crippen LogP contribution in [0.5, 0.6) is 0 Å². The van der Waals surface area contributed by atoms with E-state index in [9.17, 15) is 14.4 Å². The number of rotatable bonds is 7. The van der Waals surface area contributed by atoms with Gasteiger partial charge in [-0.05, 0) is 39.8 Å². The number of nitrogens with zero attached hydrogens (tertiary/aromatic N) is 4. The van der Waals surface area contributed by atoms with Gasteiger partial charge >= 0.3 is 5.97 Å². The number of anilines is 1. The van der Waals surface area contributed by atoms with Crippen LogP contribution >= 0.6 is 23.1 Å². The lowest BCUT2D eigenvalue weighted by Crippen LogP contribution is -2.36. The average Bonchev–Trinajstić information content (AvgIpc) is 3.45. The van der Waals surface area contributed by atoms with Gasteiger partial charge < -0.3 is 9.64 Å². The van der Waals surface area contributed by atoms with Crippen LogP contribution in [0.3, 0.4) is 0 Å². The van der Waals surface area contributed by atoms with E-state index in [1.807, 2.05) is 39.0 Å². The van der Waals surface area contributed by atoms with Crippen molar-refractivity contribution in [1.29, 1.82) is 0 Å². The molecular formula is C26H28N4O4S2. The first-order valence-corrected chi connectivity index (χ1v) is 13.3. The van der Waals surface area contributed by atoms with Crippen molar-refractivity contribution in [2.24, 2.45) is 5.10 Å². The summed E-state index contributed by atoms with van der Waals surface area (Å²) < 4.78 is 7.68. The number of esters is 1. The van der Waals surface area contributed by atoms with Crippen molar-refractivity contribution in [3.63, 3.8) is 0 Å². The fourth-order valence-electron chi connectivity index (χ4n) is 4.07. The molecular weight excluding hydrogens is 496 g/mol. The highest BCUT2D eigenvalue weighted by Gasteiger charge is 2.35. The van der Waals surface area contributed by atoms with Crippen molar-refractivity contribution in [2.45, 2.75) is 40.7 Å². The Labute approximate surface area is 217 Å². The van der Waals surface area contributed by atoms with Crippen molar-refractivity contribution in [3.05, 3.63) is 73.1 Å². The van der Waals surface area contributed by atoms with E-state index < -0.39 is 11.9 Å². The minimum absolute atomic E-state index is 0.181. The molecule has 0 atom stereocenters. The van der Waals surface area contributed by atoms with Gasteiger partial charge in [0.05, 0.1) is 30.0 Å². The Morgan fingerprint density at radius 3 is 2.53 bits per heavy atom. The number of hydrogen-bond donors (Lipinski definition) is 0. The number of ether oxygens (including phenoxy) is 1. The first kappa shape index (κ1) is 25.7. The van der Waals surface area contributed by atoms with Crippen LogP contribution < -0.4 is 19.8 Å². The number of carbonyl (C=O) groups is 2. The molecule has 1 aromatic carbocycles. The topological polar surface area (TPSA) is 84.2 Å². The lowest BCUT2D eigenvalue weighted by molar-refractivity contribution is -0.141. The van der Waals surface area contributed by atoms with E-state index in [1.165, 1.54) is 16.3 Å². The van der Waals surface area contributed by atoms with Crippen LogP contribution in [0.1, 0.15) is 34.1 Å². The van der Waals surface area contributed by atoms with Crippen molar-refractivity contribution < 1.29 is 14.3 Å². The molecule has 36 heavy (non-hydrogen) atoms. The molecule has 10 heteroatoms. The van der Waals surface area contributed by atoms with Gasteiger partial charge in [-0.2, -0.15) is 10.1 Å². The molecule has 0 saturated heterocycles. The summed E-state index contributed by atoms with van der Waals surface area (Å²) in [6.45, 7) is 12.8. The highest BCUT2D eigenvalue weighted by atomic mass is 32.2. The van der Waals surface area contributed by atoms with Gasteiger partial charge in [0.15, 0.2) is 0 Å². The molecule has 188 valence electrons. The number of hydrazone groups is 1. The lowest BCUT2D eigenvalue weighted by Gasteiger charge is -2.17. The summed E-state index contributed by atoms with van der Waals surface area (Å²) in [7, 11) is 0. The van der Waals surface area contributed by atoms with Crippen LogP contribution in [0.25, 0.3) is 10.6 Å². The summed E-state index contributed by atoms with van der Waals surface area (Å²) in [5, 5.41) is 6.63. The van der Waals surface area contributed by atoms with E-state index in [4.69, 9.17) is 4.74 Å². The first-order valence-electron chi connectivity index (χ1n) is 11.7. The number of allylic oxidation sites excluding steroid dienone is 3. The second-order valence-corrected chi connectivity index (χ2v) is 10.3. The SMILES string of the molecule is C=CCn1c(=C2C(=O)N(c3ccccc3)N=C2CC(=O)OCC)sc(=C2SC(C)=C(C)N2CC)c1=O. The molecule has 0 spiro atoms. The Bertz CT molecular complexity index is 1470. The number of benzene rings is 1. The van der Waals surface area contributed by atoms with Crippen molar-refractivity contribution in [2.75, 3.05) is 18.2 Å². The zero-order chi connectivity index (χ0) is 26.0. The third kappa shape index (κ3) is 4.58. The smallest absolute Gasteiger partial charge is 0.311 e. The lowest BCUT2D eigenvalue weighted by atomic mass is 10.1. The van der Waals surface area contributed by atoms with E-state index in [1.54, 1.807) is 41.5 Å². The third-order valence-corrected chi connectivity index (χ3v) is 8.40. The molecule has 4 rings (SSSR count). The van der Waals surface area contributed by atoms with Gasteiger partial charge in [0, 0.05) is 23.7 Å². The molecule has 0 radical (unpaired) electrons. The van der Waals surface area contributed by atoms with Crippen molar-refractivity contribution in [3.8, 4) is 0 Å². The maximum Gasteiger partial charge on any atom is 0.311 e. The molecule has 2 aromatic rings. The summed E-state index contributed by atoms with van der Waals surface area (Å²) >= 11 is 2.80. The third-order valence-electron chi connectivity index (χ3n) is 5.86. The van der Waals surface area contributed by atoms with Crippen LogP contribution in [0.4, 0.5) is 5.69 Å². The first-order chi connectivity index (χ1) is 17.3. The second kappa shape index (κ2) is 10.7. The molecule has 8 nitrogen and oxygen atoms in total. The molecule has 3 heterocycles. The normalized spacial score (nSPS) is 18.8. The quantitative estimate of drug-likeness (QED) is 0.409. The van der Waals surface area contributed by atoms with Crippen LogP contribution in [-0.2, 0) is 20.9 Å². The Morgan fingerprint density at radius 2 is 1.89 bits per heavy atom. The Hall–Kier alpha value is -3.37. The molecule has 2 aliphatic rings. The second-order valence-electron chi connectivity index (χ2n) is 8.09. The van der Waals surface area contributed by atoms with Crippen molar-refractivity contribution >= 4 is 57.0 Å². The van der Waals surface area contributed by atoms with E-state index in [0.717, 1.165) is 15.6 Å². The highest BCUT2D eigenvalue weighted by Crippen LogP contribution is 2.40. The Morgan fingerprint density at radius 1 is 1.17 bits per heavy atom. The van der Waals surface area contributed by atoms with E-state index in [0.29, 0.717) is 21.4 Å². The van der Waals surface area contributed by atoms with Crippen LogP contribution in [-0.4, -0.2) is 40.2 Å². The van der Waals surface area contributed by atoms with Crippen molar-refractivity contribution in [1.82, 2.24) is 9.47 Å². The average molecular weight is 525 g/mol.